The van der Waals surface area contributed by atoms with E-state index in [2.05, 4.69) is 15.3 Å². The summed E-state index contributed by atoms with van der Waals surface area (Å²) in [6, 6.07) is 0. The summed E-state index contributed by atoms with van der Waals surface area (Å²) in [6.45, 7) is 1.43. The number of aromatic nitrogens is 2. The van der Waals surface area contributed by atoms with Crippen molar-refractivity contribution in [1.29, 1.82) is 0 Å². The third-order valence-electron chi connectivity index (χ3n) is 2.68. The summed E-state index contributed by atoms with van der Waals surface area (Å²) in [4.78, 5) is 19.3. The fraction of sp³-hybridized carbons (Fsp3) is 0.545. The molecule has 1 atom stereocenters. The summed E-state index contributed by atoms with van der Waals surface area (Å²) in [5.41, 5.74) is 5.67. The van der Waals surface area contributed by atoms with Crippen LogP contribution in [0, 0.1) is 0 Å². The van der Waals surface area contributed by atoms with Crippen molar-refractivity contribution in [2.24, 2.45) is 0 Å². The Hall–Kier alpha value is -1.69. The number of carbonyl (C=O) groups is 1. The van der Waals surface area contributed by atoms with Gasteiger partial charge in [0.15, 0.2) is 0 Å². The number of amides is 1. The molecule has 6 nitrogen and oxygen atoms in total. The maximum atomic E-state index is 11.6. The number of nitrogens with two attached hydrogens (primary N) is 1. The molecular formula is C11H16N4O2. The number of ether oxygens (including phenoxy) is 1. The minimum absolute atomic E-state index is 0.226. The van der Waals surface area contributed by atoms with E-state index in [9.17, 15) is 4.79 Å². The van der Waals surface area contributed by atoms with Gasteiger partial charge >= 0.3 is 0 Å². The van der Waals surface area contributed by atoms with E-state index < -0.39 is 0 Å². The quantitative estimate of drug-likeness (QED) is 0.787. The first-order chi connectivity index (χ1) is 8.25. The minimum Gasteiger partial charge on any atom is -0.382 e. The van der Waals surface area contributed by atoms with Crippen LogP contribution in [0.4, 0.5) is 5.82 Å². The van der Waals surface area contributed by atoms with Gasteiger partial charge < -0.3 is 15.8 Å². The van der Waals surface area contributed by atoms with Crippen LogP contribution in [0.5, 0.6) is 0 Å². The van der Waals surface area contributed by atoms with Crippen LogP contribution >= 0.6 is 0 Å². The Morgan fingerprint density at radius 1 is 1.53 bits per heavy atom. The van der Waals surface area contributed by atoms with Gasteiger partial charge in [0.25, 0.3) is 5.91 Å². The molecule has 6 heteroatoms. The molecule has 2 rings (SSSR count). The van der Waals surface area contributed by atoms with Crippen LogP contribution in [0.1, 0.15) is 29.8 Å². The van der Waals surface area contributed by atoms with Crippen molar-refractivity contribution < 1.29 is 9.53 Å². The van der Waals surface area contributed by atoms with Crippen molar-refractivity contribution in [3.63, 3.8) is 0 Å². The molecule has 0 aliphatic carbocycles. The van der Waals surface area contributed by atoms with Gasteiger partial charge in [0, 0.05) is 13.2 Å². The normalized spacial score (nSPS) is 19.2. The Labute approximate surface area is 99.6 Å². The van der Waals surface area contributed by atoms with Gasteiger partial charge in [-0.25, -0.2) is 9.97 Å². The van der Waals surface area contributed by atoms with Crippen molar-refractivity contribution in [1.82, 2.24) is 15.3 Å². The molecule has 1 fully saturated rings. The maximum Gasteiger partial charge on any atom is 0.271 e. The molecule has 1 amide bonds. The second kappa shape index (κ2) is 5.58. The van der Waals surface area contributed by atoms with E-state index >= 15 is 0 Å². The van der Waals surface area contributed by atoms with E-state index in [0.29, 0.717) is 12.4 Å². The number of anilines is 1. The summed E-state index contributed by atoms with van der Waals surface area (Å²) in [6.07, 6.45) is 6.06. The number of nitrogen functional groups attached to an aromatic ring is 1. The highest BCUT2D eigenvalue weighted by atomic mass is 16.5. The highest BCUT2D eigenvalue weighted by molar-refractivity contribution is 5.91. The molecule has 1 unspecified atom stereocenters. The predicted octanol–water partition coefficient (Wildman–Crippen LogP) is 0.358. The average Bonchev–Trinajstić information content (AvgIpc) is 2.83. The van der Waals surface area contributed by atoms with Crippen LogP contribution in [-0.4, -0.2) is 35.1 Å². The maximum absolute atomic E-state index is 11.6. The zero-order valence-electron chi connectivity index (χ0n) is 9.56. The Balaban J connectivity index is 1.75. The van der Waals surface area contributed by atoms with Crippen molar-refractivity contribution in [3.8, 4) is 0 Å². The van der Waals surface area contributed by atoms with Gasteiger partial charge in [0.05, 0.1) is 18.5 Å². The summed E-state index contributed by atoms with van der Waals surface area (Å²) < 4.78 is 5.46. The van der Waals surface area contributed by atoms with Gasteiger partial charge in [-0.3, -0.25) is 4.79 Å². The third kappa shape index (κ3) is 3.39. The van der Waals surface area contributed by atoms with Gasteiger partial charge in [0.2, 0.25) is 0 Å². The monoisotopic (exact) mass is 236 g/mol. The van der Waals surface area contributed by atoms with E-state index in [1.54, 1.807) is 0 Å². The van der Waals surface area contributed by atoms with E-state index in [-0.39, 0.29) is 17.7 Å². The lowest BCUT2D eigenvalue weighted by Crippen LogP contribution is -2.27. The molecule has 1 aromatic heterocycles. The van der Waals surface area contributed by atoms with Gasteiger partial charge in [-0.1, -0.05) is 0 Å². The molecule has 0 aromatic carbocycles. The van der Waals surface area contributed by atoms with E-state index in [4.69, 9.17) is 10.5 Å². The topological polar surface area (TPSA) is 90.1 Å². The Morgan fingerprint density at radius 3 is 3.06 bits per heavy atom. The number of rotatable bonds is 4. The predicted molar refractivity (Wildman–Crippen MR) is 62.4 cm³/mol. The molecule has 0 spiro atoms. The van der Waals surface area contributed by atoms with Crippen molar-refractivity contribution >= 4 is 11.7 Å². The molecule has 3 N–H and O–H groups in total. The van der Waals surface area contributed by atoms with Crippen LogP contribution in [-0.2, 0) is 4.74 Å². The van der Waals surface area contributed by atoms with Crippen molar-refractivity contribution in [2.45, 2.75) is 25.4 Å². The van der Waals surface area contributed by atoms with Gasteiger partial charge in [-0.2, -0.15) is 0 Å². The summed E-state index contributed by atoms with van der Waals surface area (Å²) >= 11 is 0. The Bertz CT molecular complexity index is 374. The summed E-state index contributed by atoms with van der Waals surface area (Å²) in [5.74, 6) is 0.0800. The first-order valence-electron chi connectivity index (χ1n) is 5.73. The lowest BCUT2D eigenvalue weighted by molar-refractivity contribution is 0.0903. The SMILES string of the molecule is Nc1cnc(C(=O)NCCC2CCCO2)cn1. The Morgan fingerprint density at radius 2 is 2.41 bits per heavy atom. The van der Waals surface area contributed by atoms with Crippen LogP contribution in [0.15, 0.2) is 12.4 Å². The van der Waals surface area contributed by atoms with Crippen molar-refractivity contribution in [2.75, 3.05) is 18.9 Å². The van der Waals surface area contributed by atoms with E-state index in [0.717, 1.165) is 25.9 Å². The fourth-order valence-corrected chi connectivity index (χ4v) is 1.76. The molecule has 0 radical (unpaired) electrons. The zero-order valence-corrected chi connectivity index (χ0v) is 9.56. The average molecular weight is 236 g/mol. The first-order valence-corrected chi connectivity index (χ1v) is 5.73. The highest BCUT2D eigenvalue weighted by Gasteiger charge is 2.15. The fourth-order valence-electron chi connectivity index (χ4n) is 1.76. The zero-order chi connectivity index (χ0) is 12.1. The van der Waals surface area contributed by atoms with Gasteiger partial charge in [-0.05, 0) is 19.3 Å². The number of nitrogens with one attached hydrogen (secondary N) is 1. The molecule has 0 saturated carbocycles. The molecule has 0 bridgehead atoms. The number of nitrogens with zero attached hydrogens (tertiary/aromatic N) is 2. The van der Waals surface area contributed by atoms with Crippen LogP contribution in [0.25, 0.3) is 0 Å². The smallest absolute Gasteiger partial charge is 0.271 e. The van der Waals surface area contributed by atoms with E-state index in [1.807, 2.05) is 0 Å². The molecule has 92 valence electrons. The molecule has 2 heterocycles. The third-order valence-corrected chi connectivity index (χ3v) is 2.68. The molecule has 1 aromatic rings. The molecule has 1 saturated heterocycles. The van der Waals surface area contributed by atoms with E-state index in [1.165, 1.54) is 12.4 Å². The van der Waals surface area contributed by atoms with Gasteiger partial charge in [0.1, 0.15) is 11.5 Å². The number of hydrogen-bond acceptors (Lipinski definition) is 5. The second-order valence-electron chi connectivity index (χ2n) is 4.01. The number of hydrogen-bond donors (Lipinski definition) is 2. The molecule has 1 aliphatic heterocycles. The number of carbonyl (C=O) groups excluding carboxylic acids is 1. The summed E-state index contributed by atoms with van der Waals surface area (Å²) in [5, 5.41) is 2.78. The van der Waals surface area contributed by atoms with Crippen LogP contribution in [0.2, 0.25) is 0 Å². The summed E-state index contributed by atoms with van der Waals surface area (Å²) in [7, 11) is 0. The van der Waals surface area contributed by atoms with Crippen LogP contribution < -0.4 is 11.1 Å². The highest BCUT2D eigenvalue weighted by Crippen LogP contribution is 2.14. The molecular weight excluding hydrogens is 220 g/mol. The molecule has 17 heavy (non-hydrogen) atoms. The van der Waals surface area contributed by atoms with Gasteiger partial charge in [-0.15, -0.1) is 0 Å². The first kappa shape index (κ1) is 11.8. The van der Waals surface area contributed by atoms with Crippen LogP contribution in [0.3, 0.4) is 0 Å². The molecule has 1 aliphatic rings. The van der Waals surface area contributed by atoms with Crippen molar-refractivity contribution in [3.05, 3.63) is 18.1 Å². The largest absolute Gasteiger partial charge is 0.382 e. The minimum atomic E-state index is -0.226. The lowest BCUT2D eigenvalue weighted by Gasteiger charge is -2.09. The second-order valence-corrected chi connectivity index (χ2v) is 4.01. The standard InChI is InChI=1S/C11H16N4O2/c12-10-7-14-9(6-15-10)11(16)13-4-3-8-2-1-5-17-8/h6-8H,1-5H2,(H2,12,15)(H,13,16). The Kier molecular flexibility index (Phi) is 3.87. The lowest BCUT2D eigenvalue weighted by atomic mass is 10.2.